The molecule has 0 bridgehead atoms. The predicted octanol–water partition coefficient (Wildman–Crippen LogP) is 6.61. The quantitative estimate of drug-likeness (QED) is 0.258. The van der Waals surface area contributed by atoms with Crippen LogP contribution in [0.25, 0.3) is 11.1 Å². The zero-order valence-electron chi connectivity index (χ0n) is 17.8. The minimum absolute atomic E-state index is 0. The summed E-state index contributed by atoms with van der Waals surface area (Å²) < 4.78 is 0. The number of allylic oxidation sites excluding steroid dienone is 4. The fourth-order valence-electron chi connectivity index (χ4n) is 3.16. The Morgan fingerprint density at radius 1 is 0.929 bits per heavy atom. The molecule has 2 aliphatic carbocycles. The molecule has 2 aromatic rings. The second kappa shape index (κ2) is 15.3. The van der Waals surface area contributed by atoms with E-state index in [2.05, 4.69) is 76.2 Å². The second-order valence-corrected chi connectivity index (χ2v) is 6.20. The van der Waals surface area contributed by atoms with Gasteiger partial charge in [0.15, 0.2) is 0 Å². The van der Waals surface area contributed by atoms with Crippen LogP contribution in [0.2, 0.25) is 0 Å². The number of rotatable bonds is 0. The van der Waals surface area contributed by atoms with E-state index in [1.165, 1.54) is 39.0 Å². The van der Waals surface area contributed by atoms with Crippen LogP contribution in [-0.2, 0) is 25.6 Å². The van der Waals surface area contributed by atoms with Gasteiger partial charge in [-0.3, -0.25) is 6.08 Å². The SMILES string of the molecule is CC1=[C-]C(C)C(C)=C1C.Cl.Cl.[CH3-].[CH3-].[SiH2]=[Ti].[c-]1cccc2c1Cc1ccccc1-2. The number of fused-ring (bicyclic) bond motifs is 3. The van der Waals surface area contributed by atoms with Crippen molar-refractivity contribution in [1.82, 2.24) is 0 Å². The number of halogens is 2. The Labute approximate surface area is 199 Å². The van der Waals surface area contributed by atoms with Gasteiger partial charge in [0, 0.05) is 0 Å². The Hall–Kier alpha value is -0.569. The van der Waals surface area contributed by atoms with E-state index >= 15 is 0 Å². The van der Waals surface area contributed by atoms with Gasteiger partial charge in [0.2, 0.25) is 0 Å². The molecule has 1 unspecified atom stereocenters. The van der Waals surface area contributed by atoms with Gasteiger partial charge in [-0.1, -0.05) is 62.1 Å². The molecule has 2 aromatic carbocycles. The Morgan fingerprint density at radius 2 is 1.50 bits per heavy atom. The van der Waals surface area contributed by atoms with Crippen LogP contribution in [0.15, 0.2) is 59.2 Å². The first-order chi connectivity index (χ1) is 11.6. The number of benzene rings is 2. The van der Waals surface area contributed by atoms with Gasteiger partial charge in [-0.25, -0.2) is 5.57 Å². The third-order valence-corrected chi connectivity index (χ3v) is 4.85. The molecule has 0 nitrogen and oxygen atoms in total. The summed E-state index contributed by atoms with van der Waals surface area (Å²) >= 11 is 2.03. The molecule has 28 heavy (non-hydrogen) atoms. The maximum Gasteiger partial charge on any atom is -0.0253 e. The fraction of sp³-hybridized carbons (Fsp3) is 0.250. The van der Waals surface area contributed by atoms with E-state index in [1.807, 2.05) is 32.9 Å². The first-order valence-corrected chi connectivity index (χ1v) is 12.3. The summed E-state index contributed by atoms with van der Waals surface area (Å²) in [6.07, 6.45) is 4.41. The van der Waals surface area contributed by atoms with Gasteiger partial charge in [-0.05, 0) is 6.42 Å². The molecule has 1 atom stereocenters. The van der Waals surface area contributed by atoms with Crippen molar-refractivity contribution in [3.8, 4) is 11.1 Å². The standard InChI is InChI=1S/C13H9.C9H13.2CH3.2ClH.H2Si.Ti/c1-3-7-12-10(5-1)9-11-6-2-4-8-13(11)12;1-6-5-7(2)9(4)8(6)3;;;;;;/h1-5,7-8H,9H2;6H,1-4H3;2*1H3;2*1H;1H2;/q4*-1;;;;. The third kappa shape index (κ3) is 7.35. The van der Waals surface area contributed by atoms with Crippen LogP contribution in [0.3, 0.4) is 0 Å². The van der Waals surface area contributed by atoms with Gasteiger partial charge in [0.1, 0.15) is 0 Å². The van der Waals surface area contributed by atoms with E-state index in [-0.39, 0.29) is 39.7 Å². The molecule has 2 aliphatic rings. The second-order valence-electron chi connectivity index (χ2n) is 6.20. The van der Waals surface area contributed by atoms with Crippen molar-refractivity contribution < 1.29 is 19.2 Å². The van der Waals surface area contributed by atoms with Crippen LogP contribution >= 0.6 is 24.8 Å². The Kier molecular flexibility index (Phi) is 17.5. The largest absolute Gasteiger partial charge is 0.179 e. The monoisotopic (exact) mass is 466 g/mol. The Morgan fingerprint density at radius 3 is 2.00 bits per heavy atom. The summed E-state index contributed by atoms with van der Waals surface area (Å²) in [4.78, 5) is 0. The van der Waals surface area contributed by atoms with Crippen molar-refractivity contribution >= 4 is 32.4 Å². The molecule has 0 amide bonds. The number of hydrogen-bond acceptors (Lipinski definition) is 0. The maximum atomic E-state index is 3.36. The molecular weight excluding hydrogens is 435 g/mol. The van der Waals surface area contributed by atoms with Crippen LogP contribution < -0.4 is 0 Å². The molecule has 0 saturated carbocycles. The van der Waals surface area contributed by atoms with E-state index in [9.17, 15) is 0 Å². The molecular formula is C24H32Cl2SiTi-4. The van der Waals surface area contributed by atoms with Crippen LogP contribution in [0.1, 0.15) is 38.8 Å². The summed E-state index contributed by atoms with van der Waals surface area (Å²) in [5, 5.41) is 0. The average Bonchev–Trinajstić information content (AvgIpc) is 3.10. The molecule has 0 radical (unpaired) electrons. The zero-order valence-corrected chi connectivity index (χ0v) is 22.5. The summed E-state index contributed by atoms with van der Waals surface area (Å²) in [5.41, 5.74) is 9.76. The summed E-state index contributed by atoms with van der Waals surface area (Å²) in [7, 11) is 1.86. The van der Waals surface area contributed by atoms with Gasteiger partial charge in [0.25, 0.3) is 0 Å². The van der Waals surface area contributed by atoms with Crippen molar-refractivity contribution in [2.75, 3.05) is 0 Å². The van der Waals surface area contributed by atoms with E-state index in [0.29, 0.717) is 5.92 Å². The molecule has 0 N–H and O–H groups in total. The van der Waals surface area contributed by atoms with Gasteiger partial charge in [0.05, 0.1) is 0 Å². The Bertz CT molecular complexity index is 753. The van der Waals surface area contributed by atoms with Gasteiger partial charge < -0.3 is 14.9 Å². The van der Waals surface area contributed by atoms with Crippen LogP contribution in [0.5, 0.6) is 0 Å². The van der Waals surface area contributed by atoms with Crippen molar-refractivity contribution in [3.63, 3.8) is 0 Å². The first kappa shape index (κ1) is 32.1. The van der Waals surface area contributed by atoms with E-state index < -0.39 is 0 Å². The Balaban J connectivity index is -0.000000378. The van der Waals surface area contributed by atoms with Gasteiger partial charge >= 0.3 is 26.8 Å². The molecule has 0 spiro atoms. The minimum Gasteiger partial charge on any atom is -0.179 e. The van der Waals surface area contributed by atoms with Gasteiger partial charge in [-0.2, -0.15) is 41.0 Å². The predicted molar refractivity (Wildman–Crippen MR) is 129 cm³/mol. The van der Waals surface area contributed by atoms with Crippen molar-refractivity contribution in [2.45, 2.75) is 34.1 Å². The topological polar surface area (TPSA) is 0 Å². The first-order valence-electron chi connectivity index (χ1n) is 8.29. The van der Waals surface area contributed by atoms with Crippen molar-refractivity contribution in [3.05, 3.63) is 97.3 Å². The smallest absolute Gasteiger partial charge is 0.0253 e. The van der Waals surface area contributed by atoms with Crippen LogP contribution in [-0.4, -0.2) is 7.63 Å². The summed E-state index contributed by atoms with van der Waals surface area (Å²) in [5.74, 6) is 0.560. The van der Waals surface area contributed by atoms with E-state index in [1.54, 1.807) is 0 Å². The molecule has 4 heteroatoms. The minimum atomic E-state index is 0. The van der Waals surface area contributed by atoms with E-state index in [4.69, 9.17) is 0 Å². The fourth-order valence-corrected chi connectivity index (χ4v) is 3.16. The van der Waals surface area contributed by atoms with Crippen molar-refractivity contribution in [2.24, 2.45) is 5.92 Å². The van der Waals surface area contributed by atoms with E-state index in [0.717, 1.165) is 6.42 Å². The summed E-state index contributed by atoms with van der Waals surface area (Å²) in [6, 6.07) is 18.1. The molecule has 0 saturated heterocycles. The average molecular weight is 467 g/mol. The molecule has 0 aliphatic heterocycles. The molecule has 0 fully saturated rings. The molecule has 0 heterocycles. The zero-order chi connectivity index (χ0) is 17.7. The third-order valence-electron chi connectivity index (χ3n) is 4.85. The number of hydrogen-bond donors (Lipinski definition) is 0. The molecule has 154 valence electrons. The maximum absolute atomic E-state index is 3.36. The van der Waals surface area contributed by atoms with Crippen molar-refractivity contribution in [1.29, 1.82) is 0 Å². The summed E-state index contributed by atoms with van der Waals surface area (Å²) in [6.45, 7) is 8.67. The molecule has 0 aromatic heterocycles. The molecule has 4 rings (SSSR count). The normalized spacial score (nSPS) is 14.5. The van der Waals surface area contributed by atoms with Crippen LogP contribution in [0.4, 0.5) is 0 Å². The van der Waals surface area contributed by atoms with Crippen LogP contribution in [0, 0.1) is 32.9 Å². The van der Waals surface area contributed by atoms with Gasteiger partial charge in [-0.15, -0.1) is 37.3 Å².